The average Bonchev–Trinajstić information content (AvgIpc) is 3.36. The van der Waals surface area contributed by atoms with Crippen molar-refractivity contribution in [2.24, 2.45) is 0 Å². The van der Waals surface area contributed by atoms with Gasteiger partial charge in [0.15, 0.2) is 11.5 Å². The van der Waals surface area contributed by atoms with Crippen LogP contribution in [0, 0.1) is 0 Å². The number of amides is 2. The summed E-state index contributed by atoms with van der Waals surface area (Å²) >= 11 is 0. The average molecular weight is 404 g/mol. The van der Waals surface area contributed by atoms with E-state index >= 15 is 0 Å². The summed E-state index contributed by atoms with van der Waals surface area (Å²) in [5.41, 5.74) is 3.03. The van der Waals surface area contributed by atoms with Crippen LogP contribution in [0.15, 0.2) is 53.9 Å². The Kier molecular flexibility index (Phi) is 5.65. The molecule has 154 valence electrons. The highest BCUT2D eigenvalue weighted by Gasteiger charge is 2.32. The highest BCUT2D eigenvalue weighted by molar-refractivity contribution is 6.29. The molecule has 2 heterocycles. The lowest BCUT2D eigenvalue weighted by molar-refractivity contribution is -0.123. The number of carbonyl (C=O) groups is 2. The Balaban J connectivity index is 1.75. The number of rotatable bonds is 5. The lowest BCUT2D eigenvalue weighted by Gasteiger charge is -2.17. The summed E-state index contributed by atoms with van der Waals surface area (Å²) < 4.78 is 11.6. The van der Waals surface area contributed by atoms with Crippen LogP contribution < -0.4 is 14.8 Å². The first kappa shape index (κ1) is 19.9. The first-order chi connectivity index (χ1) is 14.6. The number of nitrogens with one attached hydrogen (secondary N) is 1. The number of allylic oxidation sites excluding steroid dienone is 1. The van der Waals surface area contributed by atoms with Gasteiger partial charge in [-0.25, -0.2) is 0 Å². The van der Waals surface area contributed by atoms with Crippen molar-refractivity contribution in [3.63, 3.8) is 0 Å². The zero-order valence-corrected chi connectivity index (χ0v) is 17.1. The van der Waals surface area contributed by atoms with Crippen LogP contribution in [-0.2, 0) is 9.59 Å². The molecule has 6 heteroatoms. The van der Waals surface area contributed by atoms with Gasteiger partial charge in [-0.15, -0.1) is 0 Å². The maximum absolute atomic E-state index is 12.6. The molecule has 2 fully saturated rings. The van der Waals surface area contributed by atoms with Crippen LogP contribution in [-0.4, -0.2) is 30.0 Å². The number of aromatic nitrogens is 1. The lowest BCUT2D eigenvalue weighted by Crippen LogP contribution is -2.20. The second-order valence-corrected chi connectivity index (χ2v) is 7.51. The molecule has 2 aliphatic rings. The molecule has 0 spiro atoms. The van der Waals surface area contributed by atoms with Gasteiger partial charge in [0, 0.05) is 12.4 Å². The predicted octanol–water partition coefficient (Wildman–Crippen LogP) is 3.93. The van der Waals surface area contributed by atoms with Crippen LogP contribution in [0.5, 0.6) is 11.5 Å². The Morgan fingerprint density at radius 3 is 2.50 bits per heavy atom. The molecule has 1 saturated carbocycles. The van der Waals surface area contributed by atoms with Gasteiger partial charge >= 0.3 is 0 Å². The van der Waals surface area contributed by atoms with Crippen LogP contribution >= 0.6 is 0 Å². The van der Waals surface area contributed by atoms with Crippen molar-refractivity contribution >= 4 is 23.5 Å². The SMILES string of the molecule is COc1ccc(C(C)=C2C(=O)NC(=O)C2=Cc2ccncc2)cc1OC1CCCC1. The van der Waals surface area contributed by atoms with Crippen molar-refractivity contribution in [2.45, 2.75) is 38.7 Å². The highest BCUT2D eigenvalue weighted by Crippen LogP contribution is 2.36. The van der Waals surface area contributed by atoms with Gasteiger partial charge in [0.25, 0.3) is 11.8 Å². The number of imide groups is 1. The molecule has 4 rings (SSSR count). The molecule has 0 unspecified atom stereocenters. The molecule has 30 heavy (non-hydrogen) atoms. The fourth-order valence-corrected chi connectivity index (χ4v) is 3.94. The molecule has 1 aliphatic carbocycles. The molecule has 2 aromatic rings. The number of carbonyl (C=O) groups excluding carboxylic acids is 2. The standard InChI is InChI=1S/C24H24N2O4/c1-15(17-7-8-20(29-2)21(14-17)30-18-5-3-4-6-18)22-19(23(27)26-24(22)28)13-16-9-11-25-12-10-16/h7-14,18H,3-6H2,1-2H3,(H,26,27,28). The summed E-state index contributed by atoms with van der Waals surface area (Å²) in [6.45, 7) is 1.84. The molecule has 1 aromatic heterocycles. The maximum atomic E-state index is 12.6. The van der Waals surface area contributed by atoms with Crippen molar-refractivity contribution in [3.05, 3.63) is 65.0 Å². The lowest BCUT2D eigenvalue weighted by atomic mass is 9.95. The Morgan fingerprint density at radius 2 is 1.80 bits per heavy atom. The molecule has 0 bridgehead atoms. The fourth-order valence-electron chi connectivity index (χ4n) is 3.94. The van der Waals surface area contributed by atoms with E-state index in [1.165, 1.54) is 12.8 Å². The van der Waals surface area contributed by atoms with Crippen molar-refractivity contribution < 1.29 is 19.1 Å². The van der Waals surface area contributed by atoms with Crippen LogP contribution in [0.3, 0.4) is 0 Å². The minimum atomic E-state index is -0.401. The summed E-state index contributed by atoms with van der Waals surface area (Å²) in [5, 5.41) is 2.41. The summed E-state index contributed by atoms with van der Waals surface area (Å²) in [5.74, 6) is 0.517. The van der Waals surface area contributed by atoms with Crippen LogP contribution in [0.4, 0.5) is 0 Å². The molecule has 6 nitrogen and oxygen atoms in total. The first-order valence-corrected chi connectivity index (χ1v) is 10.1. The Morgan fingerprint density at radius 1 is 1.07 bits per heavy atom. The molecule has 0 atom stereocenters. The minimum absolute atomic E-state index is 0.181. The van der Waals surface area contributed by atoms with E-state index in [2.05, 4.69) is 10.3 Å². The third-order valence-electron chi connectivity index (χ3n) is 5.55. The van der Waals surface area contributed by atoms with Gasteiger partial charge in [-0.2, -0.15) is 0 Å². The zero-order chi connectivity index (χ0) is 21.1. The van der Waals surface area contributed by atoms with Gasteiger partial charge in [-0.3, -0.25) is 19.9 Å². The summed E-state index contributed by atoms with van der Waals surface area (Å²) in [4.78, 5) is 29.0. The van der Waals surface area contributed by atoms with E-state index in [1.54, 1.807) is 37.7 Å². The maximum Gasteiger partial charge on any atom is 0.259 e. The van der Waals surface area contributed by atoms with Crippen molar-refractivity contribution in [1.29, 1.82) is 0 Å². The first-order valence-electron chi connectivity index (χ1n) is 10.1. The number of ether oxygens (including phenoxy) is 2. The predicted molar refractivity (Wildman–Crippen MR) is 114 cm³/mol. The van der Waals surface area contributed by atoms with Crippen LogP contribution in [0.1, 0.15) is 43.7 Å². The van der Waals surface area contributed by atoms with E-state index < -0.39 is 11.8 Å². The van der Waals surface area contributed by atoms with E-state index in [9.17, 15) is 9.59 Å². The molecular formula is C24H24N2O4. The minimum Gasteiger partial charge on any atom is -0.493 e. The molecule has 0 radical (unpaired) electrons. The van der Waals surface area contributed by atoms with Crippen molar-refractivity contribution in [3.8, 4) is 11.5 Å². The molecule has 1 saturated heterocycles. The fraction of sp³-hybridized carbons (Fsp3) is 0.292. The number of pyridine rings is 1. The van der Waals surface area contributed by atoms with E-state index in [0.29, 0.717) is 28.2 Å². The smallest absolute Gasteiger partial charge is 0.259 e. The largest absolute Gasteiger partial charge is 0.493 e. The van der Waals surface area contributed by atoms with Crippen LogP contribution in [0.2, 0.25) is 0 Å². The van der Waals surface area contributed by atoms with Crippen molar-refractivity contribution in [1.82, 2.24) is 10.3 Å². The Labute approximate surface area is 175 Å². The number of hydrogen-bond donors (Lipinski definition) is 1. The number of methoxy groups -OCH3 is 1. The third-order valence-corrected chi connectivity index (χ3v) is 5.55. The zero-order valence-electron chi connectivity index (χ0n) is 17.1. The molecule has 1 aromatic carbocycles. The normalized spacial score (nSPS) is 19.9. The van der Waals surface area contributed by atoms with Gasteiger partial charge in [-0.1, -0.05) is 6.07 Å². The molecular weight excluding hydrogens is 380 g/mol. The van der Waals surface area contributed by atoms with Gasteiger partial charge < -0.3 is 9.47 Å². The van der Waals surface area contributed by atoms with Crippen molar-refractivity contribution in [2.75, 3.05) is 7.11 Å². The monoisotopic (exact) mass is 404 g/mol. The van der Waals surface area contributed by atoms with Gasteiger partial charge in [0.05, 0.1) is 24.4 Å². The number of nitrogens with zero attached hydrogens (tertiary/aromatic N) is 1. The summed E-state index contributed by atoms with van der Waals surface area (Å²) in [7, 11) is 1.61. The Hall–Kier alpha value is -3.41. The summed E-state index contributed by atoms with van der Waals surface area (Å²) in [6.07, 6.45) is 9.58. The Bertz CT molecular complexity index is 1030. The highest BCUT2D eigenvalue weighted by atomic mass is 16.5. The number of hydrogen-bond acceptors (Lipinski definition) is 5. The summed E-state index contributed by atoms with van der Waals surface area (Å²) in [6, 6.07) is 9.18. The van der Waals surface area contributed by atoms with E-state index in [-0.39, 0.29) is 6.10 Å². The second-order valence-electron chi connectivity index (χ2n) is 7.51. The molecule has 2 amide bonds. The molecule has 1 aliphatic heterocycles. The van der Waals surface area contributed by atoms with Gasteiger partial charge in [0.1, 0.15) is 0 Å². The van der Waals surface area contributed by atoms with E-state index in [1.807, 2.05) is 25.1 Å². The van der Waals surface area contributed by atoms with Gasteiger partial charge in [0.2, 0.25) is 0 Å². The second kappa shape index (κ2) is 8.53. The van der Waals surface area contributed by atoms with E-state index in [4.69, 9.17) is 9.47 Å². The molecule has 1 N–H and O–H groups in total. The quantitative estimate of drug-likeness (QED) is 0.604. The van der Waals surface area contributed by atoms with E-state index in [0.717, 1.165) is 24.0 Å². The van der Waals surface area contributed by atoms with Crippen LogP contribution in [0.25, 0.3) is 11.6 Å². The number of benzene rings is 1. The topological polar surface area (TPSA) is 77.5 Å². The van der Waals surface area contributed by atoms with Gasteiger partial charge in [-0.05, 0) is 79.6 Å². The third kappa shape index (κ3) is 3.99.